The van der Waals surface area contributed by atoms with Crippen LogP contribution in [-0.4, -0.2) is 31.0 Å². The number of nitrogens with two attached hydrogens (primary N) is 1. The number of benzene rings is 1. The van der Waals surface area contributed by atoms with Gasteiger partial charge >= 0.3 is 0 Å². The first-order chi connectivity index (χ1) is 8.48. The number of rotatable bonds is 7. The third-order valence-electron chi connectivity index (χ3n) is 2.99. The van der Waals surface area contributed by atoms with Gasteiger partial charge in [0, 0.05) is 5.54 Å². The van der Waals surface area contributed by atoms with Gasteiger partial charge in [0.05, 0.1) is 20.3 Å². The highest BCUT2D eigenvalue weighted by Gasteiger charge is 2.17. The van der Waals surface area contributed by atoms with Gasteiger partial charge in [0.2, 0.25) is 0 Å². The van der Waals surface area contributed by atoms with Gasteiger partial charge in [-0.15, -0.1) is 0 Å². The van der Waals surface area contributed by atoms with Crippen molar-refractivity contribution in [2.75, 3.05) is 20.3 Å². The molecule has 1 aromatic rings. The molecule has 0 amide bonds. The quantitative estimate of drug-likeness (QED) is 0.778. The summed E-state index contributed by atoms with van der Waals surface area (Å²) in [4.78, 5) is 0. The van der Waals surface area contributed by atoms with Crippen molar-refractivity contribution in [2.24, 2.45) is 5.73 Å². The van der Waals surface area contributed by atoms with Crippen molar-refractivity contribution in [3.63, 3.8) is 0 Å². The highest BCUT2D eigenvalue weighted by Crippen LogP contribution is 2.19. The van der Waals surface area contributed by atoms with E-state index in [1.54, 1.807) is 13.2 Å². The van der Waals surface area contributed by atoms with E-state index in [4.69, 9.17) is 15.2 Å². The maximum atomic E-state index is 9.99. The van der Waals surface area contributed by atoms with Gasteiger partial charge in [-0.25, -0.2) is 0 Å². The zero-order valence-electron chi connectivity index (χ0n) is 11.3. The summed E-state index contributed by atoms with van der Waals surface area (Å²) in [5.74, 6) is 0.726. The summed E-state index contributed by atoms with van der Waals surface area (Å²) in [6.07, 6.45) is 0.176. The Labute approximate surface area is 109 Å². The van der Waals surface area contributed by atoms with Crippen molar-refractivity contribution in [3.05, 3.63) is 29.8 Å². The predicted octanol–water partition coefficient (Wildman–Crippen LogP) is 1.87. The third-order valence-corrected chi connectivity index (χ3v) is 2.99. The van der Waals surface area contributed by atoms with Crippen molar-refractivity contribution in [2.45, 2.75) is 31.9 Å². The van der Waals surface area contributed by atoms with Crippen molar-refractivity contribution in [1.82, 2.24) is 0 Å². The Morgan fingerprint density at radius 2 is 2.17 bits per heavy atom. The Balaban J connectivity index is 2.47. The molecule has 0 bridgehead atoms. The SMILES string of the molecule is CCC(C)(N)COCC(O)c1cccc(OC)c1. The molecule has 0 aliphatic carbocycles. The number of aliphatic hydroxyl groups excluding tert-OH is 1. The Morgan fingerprint density at radius 3 is 2.78 bits per heavy atom. The summed E-state index contributed by atoms with van der Waals surface area (Å²) in [6, 6.07) is 7.33. The second-order valence-electron chi connectivity index (χ2n) is 4.82. The molecule has 0 fully saturated rings. The number of ether oxygens (including phenoxy) is 2. The second-order valence-corrected chi connectivity index (χ2v) is 4.82. The van der Waals surface area contributed by atoms with E-state index >= 15 is 0 Å². The molecule has 0 aliphatic rings. The Hall–Kier alpha value is -1.10. The van der Waals surface area contributed by atoms with E-state index in [9.17, 15) is 5.11 Å². The zero-order chi connectivity index (χ0) is 13.6. The molecule has 0 heterocycles. The Bertz CT molecular complexity index is 366. The average Bonchev–Trinajstić information content (AvgIpc) is 2.38. The highest BCUT2D eigenvalue weighted by molar-refractivity contribution is 5.29. The zero-order valence-corrected chi connectivity index (χ0v) is 11.3. The molecule has 18 heavy (non-hydrogen) atoms. The van der Waals surface area contributed by atoms with Crippen molar-refractivity contribution in [1.29, 1.82) is 0 Å². The second kappa shape index (κ2) is 6.73. The van der Waals surface area contributed by atoms with E-state index < -0.39 is 6.10 Å². The molecule has 102 valence electrons. The van der Waals surface area contributed by atoms with Crippen LogP contribution < -0.4 is 10.5 Å². The van der Waals surface area contributed by atoms with E-state index in [2.05, 4.69) is 0 Å². The molecule has 0 aliphatic heterocycles. The van der Waals surface area contributed by atoms with E-state index in [1.807, 2.05) is 32.0 Å². The van der Waals surface area contributed by atoms with Crippen molar-refractivity contribution >= 4 is 0 Å². The topological polar surface area (TPSA) is 64.7 Å². The standard InChI is InChI=1S/C14H23NO3/c1-4-14(2,15)10-18-9-13(16)11-6-5-7-12(8-11)17-3/h5-8,13,16H,4,9-10,15H2,1-3H3. The first kappa shape index (κ1) is 15.0. The summed E-state index contributed by atoms with van der Waals surface area (Å²) in [5.41, 5.74) is 6.40. The number of aliphatic hydroxyl groups is 1. The van der Waals surface area contributed by atoms with Gasteiger partial charge in [0.15, 0.2) is 0 Å². The molecule has 1 aromatic carbocycles. The number of methoxy groups -OCH3 is 1. The molecule has 2 unspecified atom stereocenters. The molecule has 0 saturated carbocycles. The lowest BCUT2D eigenvalue weighted by Gasteiger charge is -2.23. The van der Waals surface area contributed by atoms with Crippen LogP contribution in [0.1, 0.15) is 31.9 Å². The van der Waals surface area contributed by atoms with Gasteiger partial charge in [-0.2, -0.15) is 0 Å². The molecule has 1 rings (SSSR count). The van der Waals surface area contributed by atoms with Crippen LogP contribution in [0.4, 0.5) is 0 Å². The lowest BCUT2D eigenvalue weighted by atomic mass is 10.0. The lowest BCUT2D eigenvalue weighted by molar-refractivity contribution is 0.0159. The van der Waals surface area contributed by atoms with E-state index in [1.165, 1.54) is 0 Å². The average molecular weight is 253 g/mol. The van der Waals surface area contributed by atoms with Crippen LogP contribution in [0.3, 0.4) is 0 Å². The van der Waals surface area contributed by atoms with Gasteiger partial charge in [0.25, 0.3) is 0 Å². The van der Waals surface area contributed by atoms with Crippen LogP contribution in [0.5, 0.6) is 5.75 Å². The van der Waals surface area contributed by atoms with Gasteiger partial charge in [-0.1, -0.05) is 19.1 Å². The van der Waals surface area contributed by atoms with Crippen LogP contribution in [0.25, 0.3) is 0 Å². The van der Waals surface area contributed by atoms with Crippen LogP contribution in [0.15, 0.2) is 24.3 Å². The molecule has 2 atom stereocenters. The summed E-state index contributed by atoms with van der Waals surface area (Å²) in [5, 5.41) is 9.99. The van der Waals surface area contributed by atoms with Gasteiger partial charge in [-0.3, -0.25) is 0 Å². The first-order valence-electron chi connectivity index (χ1n) is 6.17. The molecule has 4 heteroatoms. The number of hydrogen-bond donors (Lipinski definition) is 2. The largest absolute Gasteiger partial charge is 0.497 e. The molecule has 4 nitrogen and oxygen atoms in total. The lowest BCUT2D eigenvalue weighted by Crippen LogP contribution is -2.40. The van der Waals surface area contributed by atoms with Crippen LogP contribution in [0, 0.1) is 0 Å². The molecule has 0 spiro atoms. The number of hydrogen-bond acceptors (Lipinski definition) is 4. The molecule has 0 saturated heterocycles. The maximum Gasteiger partial charge on any atom is 0.119 e. The Morgan fingerprint density at radius 1 is 1.44 bits per heavy atom. The maximum absolute atomic E-state index is 9.99. The first-order valence-corrected chi connectivity index (χ1v) is 6.17. The molecule has 0 aromatic heterocycles. The minimum Gasteiger partial charge on any atom is -0.497 e. The van der Waals surface area contributed by atoms with Gasteiger partial charge < -0.3 is 20.3 Å². The summed E-state index contributed by atoms with van der Waals surface area (Å²) >= 11 is 0. The molecule has 3 N–H and O–H groups in total. The van der Waals surface area contributed by atoms with Gasteiger partial charge in [-0.05, 0) is 31.0 Å². The minimum absolute atomic E-state index is 0.236. The highest BCUT2D eigenvalue weighted by atomic mass is 16.5. The third kappa shape index (κ3) is 4.64. The summed E-state index contributed by atoms with van der Waals surface area (Å²) < 4.78 is 10.6. The van der Waals surface area contributed by atoms with E-state index in [-0.39, 0.29) is 12.1 Å². The fourth-order valence-corrected chi connectivity index (χ4v) is 1.45. The van der Waals surface area contributed by atoms with Crippen molar-refractivity contribution in [3.8, 4) is 5.75 Å². The fourth-order valence-electron chi connectivity index (χ4n) is 1.45. The monoisotopic (exact) mass is 253 g/mol. The summed E-state index contributed by atoms with van der Waals surface area (Å²) in [6.45, 7) is 4.62. The minimum atomic E-state index is -0.659. The normalized spacial score (nSPS) is 16.1. The smallest absolute Gasteiger partial charge is 0.119 e. The van der Waals surface area contributed by atoms with E-state index in [0.717, 1.165) is 17.7 Å². The Kier molecular flexibility index (Phi) is 5.59. The molecule has 0 radical (unpaired) electrons. The predicted molar refractivity (Wildman–Crippen MR) is 71.7 cm³/mol. The van der Waals surface area contributed by atoms with Crippen LogP contribution in [-0.2, 0) is 4.74 Å². The van der Waals surface area contributed by atoms with Gasteiger partial charge in [0.1, 0.15) is 11.9 Å². The van der Waals surface area contributed by atoms with Crippen LogP contribution in [0.2, 0.25) is 0 Å². The molecular formula is C14H23NO3. The fraction of sp³-hybridized carbons (Fsp3) is 0.571. The summed E-state index contributed by atoms with van der Waals surface area (Å²) in [7, 11) is 1.60. The van der Waals surface area contributed by atoms with Crippen molar-refractivity contribution < 1.29 is 14.6 Å². The van der Waals surface area contributed by atoms with Crippen LogP contribution >= 0.6 is 0 Å². The van der Waals surface area contributed by atoms with E-state index in [0.29, 0.717) is 6.61 Å². The molecular weight excluding hydrogens is 230 g/mol.